The molecule has 0 N–H and O–H groups in total. The van der Waals surface area contributed by atoms with Gasteiger partial charge in [-0.1, -0.05) is 66.2 Å². The smallest absolute Gasteiger partial charge is 0.306 e. The minimum absolute atomic E-state index is 0.00383. The molecular formula is C20H38O4. The van der Waals surface area contributed by atoms with Crippen LogP contribution in [-0.4, -0.2) is 24.1 Å². The van der Waals surface area contributed by atoms with Crippen LogP contribution in [0.5, 0.6) is 0 Å². The molecule has 0 radical (unpaired) electrons. The summed E-state index contributed by atoms with van der Waals surface area (Å²) in [5.74, 6) is -0.552. The van der Waals surface area contributed by atoms with Crippen LogP contribution < -0.4 is 0 Å². The quantitative estimate of drug-likeness (QED) is 0.365. The molecule has 0 aromatic heterocycles. The number of carbonyl (C=O) groups is 2. The van der Waals surface area contributed by atoms with E-state index in [-0.39, 0.29) is 37.0 Å². The number of esters is 2. The fourth-order valence-corrected chi connectivity index (χ4v) is 2.73. The highest BCUT2D eigenvalue weighted by molar-refractivity contribution is 5.77. The Hall–Kier alpha value is -1.06. The number of rotatable bonds is 15. The van der Waals surface area contributed by atoms with Gasteiger partial charge in [-0.2, -0.15) is 0 Å². The number of hydrogen-bond acceptors (Lipinski definition) is 4. The van der Waals surface area contributed by atoms with Gasteiger partial charge in [-0.05, 0) is 25.7 Å². The topological polar surface area (TPSA) is 52.6 Å². The van der Waals surface area contributed by atoms with Crippen LogP contribution in [0.2, 0.25) is 0 Å². The zero-order chi connectivity index (χ0) is 18.2. The van der Waals surface area contributed by atoms with E-state index in [0.717, 1.165) is 64.2 Å². The molecule has 4 heteroatoms. The monoisotopic (exact) mass is 342 g/mol. The Morgan fingerprint density at radius 3 is 1.29 bits per heavy atom. The summed E-state index contributed by atoms with van der Waals surface area (Å²) < 4.78 is 11.0. The molecule has 0 amide bonds. The second kappa shape index (κ2) is 15.5. The van der Waals surface area contributed by atoms with Gasteiger partial charge in [0.1, 0.15) is 12.2 Å². The molecule has 142 valence electrons. The lowest BCUT2D eigenvalue weighted by atomic mass is 10.1. The minimum atomic E-state index is -0.276. The molecule has 24 heavy (non-hydrogen) atoms. The Balaban J connectivity index is 4.14. The van der Waals surface area contributed by atoms with E-state index in [2.05, 4.69) is 27.7 Å². The Kier molecular flexibility index (Phi) is 14.8. The lowest BCUT2D eigenvalue weighted by molar-refractivity contribution is -0.156. The first-order chi connectivity index (χ1) is 11.6. The van der Waals surface area contributed by atoms with Crippen LogP contribution in [0.4, 0.5) is 0 Å². The molecule has 0 aromatic carbocycles. The largest absolute Gasteiger partial charge is 0.462 e. The third-order valence-corrected chi connectivity index (χ3v) is 4.11. The van der Waals surface area contributed by atoms with Crippen molar-refractivity contribution in [3.8, 4) is 0 Å². The molecule has 2 unspecified atom stereocenters. The van der Waals surface area contributed by atoms with E-state index < -0.39 is 0 Å². The number of ether oxygens (including phenoxy) is 2. The van der Waals surface area contributed by atoms with Crippen molar-refractivity contribution >= 4 is 11.9 Å². The summed E-state index contributed by atoms with van der Waals surface area (Å²) in [6, 6.07) is 0. The molecule has 0 bridgehead atoms. The predicted molar refractivity (Wildman–Crippen MR) is 97.9 cm³/mol. The fraction of sp³-hybridized carbons (Fsp3) is 0.900. The molecule has 0 saturated carbocycles. The summed E-state index contributed by atoms with van der Waals surface area (Å²) in [5.41, 5.74) is 0. The molecular weight excluding hydrogens is 304 g/mol. The molecule has 2 atom stereocenters. The SMILES string of the molecule is CCCCC(CCC)OC(=O)CCC(=O)OC(CCC)CCCC. The van der Waals surface area contributed by atoms with Crippen molar-refractivity contribution < 1.29 is 19.1 Å². The summed E-state index contributed by atoms with van der Waals surface area (Å²) in [7, 11) is 0. The fourth-order valence-electron chi connectivity index (χ4n) is 2.73. The van der Waals surface area contributed by atoms with Crippen molar-refractivity contribution in [3.05, 3.63) is 0 Å². The van der Waals surface area contributed by atoms with E-state index in [1.807, 2.05) is 0 Å². The molecule has 0 aromatic rings. The van der Waals surface area contributed by atoms with Gasteiger partial charge in [0.2, 0.25) is 0 Å². The highest BCUT2D eigenvalue weighted by atomic mass is 16.5. The predicted octanol–water partition coefficient (Wildman–Crippen LogP) is 5.57. The highest BCUT2D eigenvalue weighted by Gasteiger charge is 2.17. The Morgan fingerprint density at radius 2 is 1.00 bits per heavy atom. The summed E-state index contributed by atoms with van der Waals surface area (Å²) in [5, 5.41) is 0. The van der Waals surface area contributed by atoms with Gasteiger partial charge in [0, 0.05) is 0 Å². The van der Waals surface area contributed by atoms with Gasteiger partial charge in [-0.15, -0.1) is 0 Å². The van der Waals surface area contributed by atoms with Crippen molar-refractivity contribution in [2.75, 3.05) is 0 Å². The molecule has 0 saturated heterocycles. The lowest BCUT2D eigenvalue weighted by Gasteiger charge is -2.18. The van der Waals surface area contributed by atoms with Crippen molar-refractivity contribution in [2.24, 2.45) is 0 Å². The zero-order valence-corrected chi connectivity index (χ0v) is 16.3. The van der Waals surface area contributed by atoms with Crippen LogP contribution in [0, 0.1) is 0 Å². The van der Waals surface area contributed by atoms with E-state index in [4.69, 9.17) is 9.47 Å². The third kappa shape index (κ3) is 12.4. The standard InChI is InChI=1S/C20H38O4/c1-5-9-13-17(11-7-3)23-19(21)15-16-20(22)24-18(12-8-4)14-10-6-2/h17-18H,5-16H2,1-4H3. The maximum atomic E-state index is 11.9. The van der Waals surface area contributed by atoms with E-state index in [9.17, 15) is 9.59 Å². The summed E-state index contributed by atoms with van der Waals surface area (Å²) >= 11 is 0. The Bertz CT molecular complexity index is 296. The first-order valence-corrected chi connectivity index (χ1v) is 9.96. The lowest BCUT2D eigenvalue weighted by Crippen LogP contribution is -2.21. The molecule has 0 spiro atoms. The maximum absolute atomic E-state index is 11.9. The average molecular weight is 343 g/mol. The van der Waals surface area contributed by atoms with Crippen LogP contribution >= 0.6 is 0 Å². The normalized spacial score (nSPS) is 13.3. The molecule has 4 nitrogen and oxygen atoms in total. The van der Waals surface area contributed by atoms with Gasteiger partial charge in [-0.3, -0.25) is 9.59 Å². The highest BCUT2D eigenvalue weighted by Crippen LogP contribution is 2.14. The maximum Gasteiger partial charge on any atom is 0.306 e. The number of unbranched alkanes of at least 4 members (excludes halogenated alkanes) is 2. The van der Waals surface area contributed by atoms with Crippen LogP contribution in [0.15, 0.2) is 0 Å². The first kappa shape index (κ1) is 22.9. The van der Waals surface area contributed by atoms with Gasteiger partial charge in [-0.25, -0.2) is 0 Å². The van der Waals surface area contributed by atoms with Gasteiger partial charge >= 0.3 is 11.9 Å². The summed E-state index contributed by atoms with van der Waals surface area (Å²) in [4.78, 5) is 23.9. The molecule has 0 fully saturated rings. The van der Waals surface area contributed by atoms with Gasteiger partial charge in [0.15, 0.2) is 0 Å². The molecule has 0 rings (SSSR count). The van der Waals surface area contributed by atoms with Crippen LogP contribution in [0.3, 0.4) is 0 Å². The third-order valence-electron chi connectivity index (χ3n) is 4.11. The summed E-state index contributed by atoms with van der Waals surface area (Å²) in [6.45, 7) is 8.45. The summed E-state index contributed by atoms with van der Waals surface area (Å²) in [6.07, 6.45) is 10.2. The van der Waals surface area contributed by atoms with Gasteiger partial charge in [0.05, 0.1) is 12.8 Å². The van der Waals surface area contributed by atoms with Crippen LogP contribution in [-0.2, 0) is 19.1 Å². The number of hydrogen-bond donors (Lipinski definition) is 0. The molecule has 0 aliphatic carbocycles. The average Bonchev–Trinajstić information content (AvgIpc) is 2.56. The van der Waals surface area contributed by atoms with Crippen molar-refractivity contribution in [1.82, 2.24) is 0 Å². The minimum Gasteiger partial charge on any atom is -0.462 e. The molecule has 0 aliphatic heterocycles. The van der Waals surface area contributed by atoms with E-state index in [1.165, 1.54) is 0 Å². The zero-order valence-electron chi connectivity index (χ0n) is 16.3. The van der Waals surface area contributed by atoms with Crippen LogP contribution in [0.1, 0.15) is 105 Å². The van der Waals surface area contributed by atoms with Crippen LogP contribution in [0.25, 0.3) is 0 Å². The van der Waals surface area contributed by atoms with E-state index in [1.54, 1.807) is 0 Å². The Labute approximate surface area is 148 Å². The molecule has 0 aliphatic rings. The van der Waals surface area contributed by atoms with Crippen molar-refractivity contribution in [1.29, 1.82) is 0 Å². The van der Waals surface area contributed by atoms with E-state index >= 15 is 0 Å². The second-order valence-corrected chi connectivity index (χ2v) is 6.59. The second-order valence-electron chi connectivity index (χ2n) is 6.59. The Morgan fingerprint density at radius 1 is 0.625 bits per heavy atom. The first-order valence-electron chi connectivity index (χ1n) is 9.96. The molecule has 0 heterocycles. The van der Waals surface area contributed by atoms with E-state index in [0.29, 0.717) is 0 Å². The van der Waals surface area contributed by atoms with Crippen molar-refractivity contribution in [3.63, 3.8) is 0 Å². The van der Waals surface area contributed by atoms with Gasteiger partial charge < -0.3 is 9.47 Å². The van der Waals surface area contributed by atoms with Crippen molar-refractivity contribution in [2.45, 2.75) is 117 Å². The number of carbonyl (C=O) groups excluding carboxylic acids is 2. The van der Waals surface area contributed by atoms with Gasteiger partial charge in [0.25, 0.3) is 0 Å².